The highest BCUT2D eigenvalue weighted by Crippen LogP contribution is 2.32. The van der Waals surface area contributed by atoms with Gasteiger partial charge in [-0.05, 0) is 63.6 Å². The topological polar surface area (TPSA) is 66.5 Å². The Bertz CT molecular complexity index is 784. The van der Waals surface area contributed by atoms with Crippen molar-refractivity contribution in [2.75, 3.05) is 25.4 Å². The summed E-state index contributed by atoms with van der Waals surface area (Å²) in [7, 11) is -3.79. The summed E-state index contributed by atoms with van der Waals surface area (Å²) in [5.74, 6) is -0.199. The molecule has 2 rings (SSSR count). The van der Waals surface area contributed by atoms with Crippen molar-refractivity contribution in [3.8, 4) is 0 Å². The van der Waals surface area contributed by atoms with E-state index in [4.69, 9.17) is 0 Å². The Hall–Kier alpha value is -1.61. The average Bonchev–Trinajstić information content (AvgIpc) is 2.67. The minimum Gasteiger partial charge on any atom is -0.342 e. The number of alkyl halides is 3. The third-order valence-corrected chi connectivity index (χ3v) is 7.36. The Morgan fingerprint density at radius 3 is 2.31 bits per heavy atom. The lowest BCUT2D eigenvalue weighted by Crippen LogP contribution is -2.43. The van der Waals surface area contributed by atoms with Crippen molar-refractivity contribution in [2.45, 2.75) is 56.6 Å². The Labute approximate surface area is 170 Å². The molecule has 1 aliphatic rings. The van der Waals surface area contributed by atoms with Gasteiger partial charge in [0.2, 0.25) is 5.91 Å². The molecule has 0 spiro atoms. The van der Waals surface area contributed by atoms with Gasteiger partial charge in [0.15, 0.2) is 9.84 Å². The summed E-state index contributed by atoms with van der Waals surface area (Å²) >= 11 is 0. The molecule has 0 heterocycles. The Kier molecular flexibility index (Phi) is 8.10. The van der Waals surface area contributed by atoms with Gasteiger partial charge in [-0.25, -0.2) is 8.42 Å². The van der Waals surface area contributed by atoms with Gasteiger partial charge in [0.25, 0.3) is 0 Å². The fourth-order valence-electron chi connectivity index (χ4n) is 3.73. The van der Waals surface area contributed by atoms with Crippen LogP contribution in [-0.2, 0) is 20.8 Å². The van der Waals surface area contributed by atoms with E-state index in [2.05, 4.69) is 5.32 Å². The highest BCUT2D eigenvalue weighted by molar-refractivity contribution is 7.91. The second-order valence-electron chi connectivity index (χ2n) is 7.47. The number of carbonyl (C=O) groups is 1. The first-order valence-electron chi connectivity index (χ1n) is 9.98. The summed E-state index contributed by atoms with van der Waals surface area (Å²) in [4.78, 5) is 13.5. The second kappa shape index (κ2) is 9.93. The first kappa shape index (κ1) is 23.7. The van der Waals surface area contributed by atoms with Gasteiger partial charge in [-0.2, -0.15) is 13.2 Å². The smallest absolute Gasteiger partial charge is 0.342 e. The van der Waals surface area contributed by atoms with Crippen molar-refractivity contribution in [3.05, 3.63) is 29.8 Å². The highest BCUT2D eigenvalue weighted by atomic mass is 32.2. The van der Waals surface area contributed by atoms with Gasteiger partial charge < -0.3 is 10.2 Å². The fourth-order valence-corrected chi connectivity index (χ4v) is 5.46. The molecule has 1 aliphatic carbocycles. The number of hydrogen-bond donors (Lipinski definition) is 1. The van der Waals surface area contributed by atoms with Crippen LogP contribution in [0.5, 0.6) is 0 Å². The normalized spacial score (nSPS) is 20.4. The number of sulfone groups is 1. The standard InChI is InChI=1S/C20H29F3N2O3S/c1-3-25(4-2)19(26)13-24-17-10-8-15(9-11-17)14-29(27,28)18-7-5-6-16(12-18)20(21,22)23/h5-7,12,15,17,24H,3-4,8-11,13-14H2,1-2H3. The number of halogens is 3. The molecule has 1 saturated carbocycles. The summed E-state index contributed by atoms with van der Waals surface area (Å²) in [6, 6.07) is 4.08. The zero-order valence-electron chi connectivity index (χ0n) is 16.8. The van der Waals surface area contributed by atoms with E-state index in [0.29, 0.717) is 32.0 Å². The number of carbonyl (C=O) groups excluding carboxylic acids is 1. The third-order valence-electron chi connectivity index (χ3n) is 5.48. The molecule has 0 aliphatic heterocycles. The van der Waals surface area contributed by atoms with E-state index in [0.717, 1.165) is 25.0 Å². The van der Waals surface area contributed by atoms with Crippen LogP contribution in [0.15, 0.2) is 29.2 Å². The van der Waals surface area contributed by atoms with Gasteiger partial charge in [0.1, 0.15) is 0 Å². The largest absolute Gasteiger partial charge is 0.416 e. The van der Waals surface area contributed by atoms with Crippen LogP contribution >= 0.6 is 0 Å². The van der Waals surface area contributed by atoms with Crippen LogP contribution < -0.4 is 5.32 Å². The van der Waals surface area contributed by atoms with Crippen molar-refractivity contribution in [3.63, 3.8) is 0 Å². The first-order chi connectivity index (χ1) is 13.6. The second-order valence-corrected chi connectivity index (χ2v) is 9.51. The lowest BCUT2D eigenvalue weighted by atomic mass is 9.87. The van der Waals surface area contributed by atoms with Gasteiger partial charge in [-0.15, -0.1) is 0 Å². The molecule has 0 radical (unpaired) electrons. The van der Waals surface area contributed by atoms with Gasteiger partial charge in [0.05, 0.1) is 22.8 Å². The van der Waals surface area contributed by atoms with E-state index in [1.54, 1.807) is 4.90 Å². The molecule has 1 aromatic carbocycles. The van der Waals surface area contributed by atoms with Crippen LogP contribution in [0.2, 0.25) is 0 Å². The maximum absolute atomic E-state index is 12.9. The molecule has 1 fully saturated rings. The number of benzene rings is 1. The molecule has 9 heteroatoms. The molecule has 0 bridgehead atoms. The molecule has 0 atom stereocenters. The monoisotopic (exact) mass is 434 g/mol. The predicted octanol–water partition coefficient (Wildman–Crippen LogP) is 3.50. The average molecular weight is 435 g/mol. The van der Waals surface area contributed by atoms with Gasteiger partial charge in [-0.1, -0.05) is 6.07 Å². The van der Waals surface area contributed by atoms with E-state index in [1.807, 2.05) is 13.8 Å². The summed E-state index contributed by atoms with van der Waals surface area (Å²) in [6.45, 7) is 5.45. The van der Waals surface area contributed by atoms with Crippen molar-refractivity contribution in [2.24, 2.45) is 5.92 Å². The Morgan fingerprint density at radius 1 is 1.14 bits per heavy atom. The molecule has 0 aromatic heterocycles. The zero-order valence-corrected chi connectivity index (χ0v) is 17.7. The van der Waals surface area contributed by atoms with Gasteiger partial charge in [0, 0.05) is 19.1 Å². The number of amides is 1. The molecule has 1 N–H and O–H groups in total. The molecule has 5 nitrogen and oxygen atoms in total. The van der Waals surface area contributed by atoms with Crippen LogP contribution in [0.3, 0.4) is 0 Å². The molecular weight excluding hydrogens is 405 g/mol. The molecule has 29 heavy (non-hydrogen) atoms. The van der Waals surface area contributed by atoms with E-state index in [1.165, 1.54) is 6.07 Å². The highest BCUT2D eigenvalue weighted by Gasteiger charge is 2.32. The van der Waals surface area contributed by atoms with Crippen LogP contribution in [0.1, 0.15) is 45.1 Å². The first-order valence-corrected chi connectivity index (χ1v) is 11.6. The maximum atomic E-state index is 12.9. The Morgan fingerprint density at radius 2 is 1.76 bits per heavy atom. The molecule has 1 amide bonds. The van der Waals surface area contributed by atoms with Crippen LogP contribution in [0, 0.1) is 5.92 Å². The summed E-state index contributed by atoms with van der Waals surface area (Å²) in [5, 5.41) is 3.24. The zero-order chi connectivity index (χ0) is 21.7. The van der Waals surface area contributed by atoms with E-state index >= 15 is 0 Å². The van der Waals surface area contributed by atoms with Crippen molar-refractivity contribution in [1.82, 2.24) is 10.2 Å². The number of likely N-dealkylation sites (N-methyl/N-ethyl adjacent to an activating group) is 1. The minimum atomic E-state index is -4.57. The predicted molar refractivity (Wildman–Crippen MR) is 105 cm³/mol. The molecule has 0 unspecified atom stereocenters. The summed E-state index contributed by atoms with van der Waals surface area (Å²) in [6.07, 6.45) is -1.76. The molecule has 1 aromatic rings. The van der Waals surface area contributed by atoms with E-state index in [-0.39, 0.29) is 35.1 Å². The Balaban J connectivity index is 1.88. The van der Waals surface area contributed by atoms with Gasteiger partial charge in [-0.3, -0.25) is 4.79 Å². The molecule has 0 saturated heterocycles. The van der Waals surface area contributed by atoms with Crippen LogP contribution in [0.25, 0.3) is 0 Å². The number of nitrogens with one attached hydrogen (secondary N) is 1. The molecule has 164 valence electrons. The van der Waals surface area contributed by atoms with E-state index in [9.17, 15) is 26.4 Å². The van der Waals surface area contributed by atoms with Crippen LogP contribution in [0.4, 0.5) is 13.2 Å². The summed E-state index contributed by atoms with van der Waals surface area (Å²) in [5.41, 5.74) is -0.954. The quantitative estimate of drug-likeness (QED) is 0.680. The van der Waals surface area contributed by atoms with Crippen LogP contribution in [-0.4, -0.2) is 50.7 Å². The van der Waals surface area contributed by atoms with Gasteiger partial charge >= 0.3 is 6.18 Å². The lowest BCUT2D eigenvalue weighted by molar-refractivity contribution is -0.137. The molecular formula is C20H29F3N2O3S. The number of nitrogens with zero attached hydrogens (tertiary/aromatic N) is 1. The SMILES string of the molecule is CCN(CC)C(=O)CNC1CCC(CS(=O)(=O)c2cccc(C(F)(F)F)c2)CC1. The third kappa shape index (κ3) is 6.70. The van der Waals surface area contributed by atoms with E-state index < -0.39 is 21.6 Å². The number of hydrogen-bond acceptors (Lipinski definition) is 4. The lowest BCUT2D eigenvalue weighted by Gasteiger charge is -2.29. The number of rotatable bonds is 8. The maximum Gasteiger partial charge on any atom is 0.416 e. The minimum absolute atomic E-state index is 0.0456. The van der Waals surface area contributed by atoms with Crippen molar-refractivity contribution in [1.29, 1.82) is 0 Å². The summed E-state index contributed by atoms with van der Waals surface area (Å²) < 4.78 is 63.7. The fraction of sp³-hybridized carbons (Fsp3) is 0.650. The van der Waals surface area contributed by atoms with Crippen molar-refractivity contribution >= 4 is 15.7 Å². The van der Waals surface area contributed by atoms with Crippen molar-refractivity contribution < 1.29 is 26.4 Å².